The van der Waals surface area contributed by atoms with Crippen molar-refractivity contribution in [2.75, 3.05) is 20.3 Å². The van der Waals surface area contributed by atoms with Crippen LogP contribution in [0.15, 0.2) is 101 Å². The average molecular weight is 552 g/mol. The number of nitrogens with one attached hydrogen (secondary N) is 1. The summed E-state index contributed by atoms with van der Waals surface area (Å²) in [6, 6.07) is 25.7. The second-order valence-corrected chi connectivity index (χ2v) is 10.6. The lowest BCUT2D eigenvalue weighted by atomic mass is 9.71. The van der Waals surface area contributed by atoms with E-state index in [0.29, 0.717) is 54.2 Å². The van der Waals surface area contributed by atoms with E-state index in [1.165, 1.54) is 0 Å². The van der Waals surface area contributed by atoms with E-state index in [1.807, 2.05) is 80.6 Å². The number of allylic oxidation sites excluding steroid dienone is 3. The second-order valence-electron chi connectivity index (χ2n) is 10.6. The van der Waals surface area contributed by atoms with Crippen LogP contribution < -0.4 is 14.8 Å². The quantitative estimate of drug-likeness (QED) is 0.285. The standard InChI is InChI=1S/C35H37NO5/c1-4-18-40-30-16-15-26(22-31(30)39-3)33-32(35(38)41-19-17-24-11-7-5-8-12-24)23(2)36-28-20-27(21-29(37)34(28)33)25-13-9-6-10-14-25/h5-16,22,27,33,36H,4,17-21H2,1-3H3/t27-,33-/m0/s1. The molecule has 0 fully saturated rings. The van der Waals surface area contributed by atoms with Gasteiger partial charge in [0.1, 0.15) is 0 Å². The molecule has 2 atom stereocenters. The number of esters is 1. The molecular weight excluding hydrogens is 514 g/mol. The zero-order valence-electron chi connectivity index (χ0n) is 23.9. The van der Waals surface area contributed by atoms with Crippen LogP contribution in [0.3, 0.4) is 0 Å². The molecule has 0 aromatic heterocycles. The molecule has 6 nitrogen and oxygen atoms in total. The molecule has 0 radical (unpaired) electrons. The van der Waals surface area contributed by atoms with Crippen LogP contribution in [0.2, 0.25) is 0 Å². The Morgan fingerprint density at radius 3 is 2.34 bits per heavy atom. The number of Topliss-reactive ketones (excluding diaryl/α,β-unsaturated/α-hetero) is 1. The molecule has 212 valence electrons. The zero-order valence-corrected chi connectivity index (χ0v) is 23.9. The molecule has 0 saturated carbocycles. The fraction of sp³-hybridized carbons (Fsp3) is 0.314. The number of rotatable bonds is 10. The fourth-order valence-electron chi connectivity index (χ4n) is 5.78. The maximum Gasteiger partial charge on any atom is 0.336 e. The van der Waals surface area contributed by atoms with E-state index in [2.05, 4.69) is 17.4 Å². The van der Waals surface area contributed by atoms with Crippen molar-refractivity contribution < 1.29 is 23.8 Å². The third-order valence-corrected chi connectivity index (χ3v) is 7.77. The molecule has 0 saturated heterocycles. The van der Waals surface area contributed by atoms with Gasteiger partial charge in [-0.3, -0.25) is 4.79 Å². The first-order chi connectivity index (χ1) is 20.0. The third kappa shape index (κ3) is 6.22. The predicted molar refractivity (Wildman–Crippen MR) is 159 cm³/mol. The van der Waals surface area contributed by atoms with Gasteiger partial charge < -0.3 is 19.5 Å². The van der Waals surface area contributed by atoms with E-state index in [1.54, 1.807) is 7.11 Å². The van der Waals surface area contributed by atoms with Crippen molar-refractivity contribution in [3.05, 3.63) is 118 Å². The maximum absolute atomic E-state index is 13.9. The van der Waals surface area contributed by atoms with Gasteiger partial charge >= 0.3 is 5.97 Å². The van der Waals surface area contributed by atoms with Gasteiger partial charge in [-0.25, -0.2) is 4.79 Å². The Kier molecular flexibility index (Phi) is 8.88. The first kappa shape index (κ1) is 28.2. The van der Waals surface area contributed by atoms with Crippen molar-refractivity contribution in [3.63, 3.8) is 0 Å². The van der Waals surface area contributed by atoms with Gasteiger partial charge in [0.15, 0.2) is 17.3 Å². The number of ether oxygens (including phenoxy) is 3. The smallest absolute Gasteiger partial charge is 0.336 e. The molecule has 0 unspecified atom stereocenters. The van der Waals surface area contributed by atoms with E-state index >= 15 is 0 Å². The first-order valence-electron chi connectivity index (χ1n) is 14.3. The molecule has 3 aromatic carbocycles. The summed E-state index contributed by atoms with van der Waals surface area (Å²) >= 11 is 0. The fourth-order valence-corrected chi connectivity index (χ4v) is 5.78. The number of ketones is 1. The van der Waals surface area contributed by atoms with Crippen LogP contribution in [-0.4, -0.2) is 32.1 Å². The Bertz CT molecular complexity index is 1460. The number of methoxy groups -OCH3 is 1. The molecule has 2 aliphatic rings. The summed E-state index contributed by atoms with van der Waals surface area (Å²) in [5, 5.41) is 3.44. The highest BCUT2D eigenvalue weighted by molar-refractivity contribution is 6.04. The molecule has 0 spiro atoms. The molecular formula is C35H37NO5. The van der Waals surface area contributed by atoms with Crippen molar-refractivity contribution >= 4 is 11.8 Å². The lowest BCUT2D eigenvalue weighted by Crippen LogP contribution is -2.36. The van der Waals surface area contributed by atoms with Gasteiger partial charge in [0.05, 0.1) is 25.9 Å². The summed E-state index contributed by atoms with van der Waals surface area (Å²) in [6.45, 7) is 4.74. The summed E-state index contributed by atoms with van der Waals surface area (Å²) in [5.41, 5.74) is 5.66. The Balaban J connectivity index is 1.50. The third-order valence-electron chi connectivity index (χ3n) is 7.77. The largest absolute Gasteiger partial charge is 0.493 e. The highest BCUT2D eigenvalue weighted by atomic mass is 16.5. The summed E-state index contributed by atoms with van der Waals surface area (Å²) in [6.07, 6.45) is 2.54. The number of benzene rings is 3. The number of dihydropyridines is 1. The van der Waals surface area contributed by atoms with Crippen LogP contribution in [0.4, 0.5) is 0 Å². The van der Waals surface area contributed by atoms with E-state index in [9.17, 15) is 9.59 Å². The Morgan fingerprint density at radius 2 is 1.63 bits per heavy atom. The van der Waals surface area contributed by atoms with Crippen molar-refractivity contribution in [2.24, 2.45) is 0 Å². The van der Waals surface area contributed by atoms with Gasteiger partial charge in [-0.15, -0.1) is 0 Å². The number of hydrogen-bond donors (Lipinski definition) is 1. The van der Waals surface area contributed by atoms with Gasteiger partial charge in [-0.05, 0) is 54.5 Å². The first-order valence-corrected chi connectivity index (χ1v) is 14.3. The van der Waals surface area contributed by atoms with E-state index in [-0.39, 0.29) is 18.3 Å². The summed E-state index contributed by atoms with van der Waals surface area (Å²) in [5.74, 6) is 0.302. The second kappa shape index (κ2) is 12.9. The van der Waals surface area contributed by atoms with E-state index in [0.717, 1.165) is 28.8 Å². The van der Waals surface area contributed by atoms with Gasteiger partial charge in [0.25, 0.3) is 0 Å². The SMILES string of the molecule is CCCOc1ccc([C@H]2C(C(=O)OCCc3ccccc3)=C(C)NC3=C2C(=O)C[C@@H](c2ccccc2)C3)cc1OC. The molecule has 1 aliphatic heterocycles. The van der Waals surface area contributed by atoms with E-state index in [4.69, 9.17) is 14.2 Å². The molecule has 1 aliphatic carbocycles. The van der Waals surface area contributed by atoms with Gasteiger partial charge in [0, 0.05) is 35.7 Å². The summed E-state index contributed by atoms with van der Waals surface area (Å²) < 4.78 is 17.4. The van der Waals surface area contributed by atoms with Crippen molar-refractivity contribution in [1.29, 1.82) is 0 Å². The normalized spacial score (nSPS) is 18.5. The van der Waals surface area contributed by atoms with Gasteiger partial charge in [-0.1, -0.05) is 73.7 Å². The number of hydrogen-bond acceptors (Lipinski definition) is 6. The lowest BCUT2D eigenvalue weighted by Gasteiger charge is -2.37. The average Bonchev–Trinajstić information content (AvgIpc) is 3.00. The molecule has 3 aromatic rings. The molecule has 1 heterocycles. The molecule has 0 amide bonds. The Labute approximate surface area is 242 Å². The van der Waals surface area contributed by atoms with Gasteiger partial charge in [-0.2, -0.15) is 0 Å². The van der Waals surface area contributed by atoms with Crippen molar-refractivity contribution in [3.8, 4) is 11.5 Å². The number of carbonyl (C=O) groups is 2. The van der Waals surface area contributed by atoms with Gasteiger partial charge in [0.2, 0.25) is 0 Å². The zero-order chi connectivity index (χ0) is 28.8. The highest BCUT2D eigenvalue weighted by Crippen LogP contribution is 2.47. The van der Waals surface area contributed by atoms with Crippen LogP contribution in [0, 0.1) is 0 Å². The molecule has 0 bridgehead atoms. The molecule has 6 heteroatoms. The minimum atomic E-state index is -0.575. The monoisotopic (exact) mass is 551 g/mol. The minimum absolute atomic E-state index is 0.0324. The molecule has 1 N–H and O–H groups in total. The van der Waals surface area contributed by atoms with Crippen LogP contribution in [0.1, 0.15) is 61.6 Å². The van der Waals surface area contributed by atoms with Crippen molar-refractivity contribution in [1.82, 2.24) is 5.32 Å². The maximum atomic E-state index is 13.9. The number of carbonyl (C=O) groups excluding carboxylic acids is 2. The van der Waals surface area contributed by atoms with Crippen LogP contribution >= 0.6 is 0 Å². The van der Waals surface area contributed by atoms with Crippen LogP contribution in [0.5, 0.6) is 11.5 Å². The Morgan fingerprint density at radius 1 is 0.902 bits per heavy atom. The minimum Gasteiger partial charge on any atom is -0.493 e. The predicted octanol–water partition coefficient (Wildman–Crippen LogP) is 6.63. The highest BCUT2D eigenvalue weighted by Gasteiger charge is 2.41. The lowest BCUT2D eigenvalue weighted by molar-refractivity contribution is -0.139. The van der Waals surface area contributed by atoms with Crippen molar-refractivity contribution in [2.45, 2.75) is 51.4 Å². The van der Waals surface area contributed by atoms with Crippen LogP contribution in [0.25, 0.3) is 0 Å². The summed E-state index contributed by atoms with van der Waals surface area (Å²) in [7, 11) is 1.60. The topological polar surface area (TPSA) is 73.9 Å². The van der Waals surface area contributed by atoms with Crippen LogP contribution in [-0.2, 0) is 20.7 Å². The summed E-state index contributed by atoms with van der Waals surface area (Å²) in [4.78, 5) is 27.6. The molecule has 5 rings (SSSR count). The Hall–Kier alpha value is -4.32. The van der Waals surface area contributed by atoms with E-state index < -0.39 is 11.9 Å². The molecule has 41 heavy (non-hydrogen) atoms.